The number of rotatable bonds is 10. The predicted octanol–water partition coefficient (Wildman–Crippen LogP) is 0.0823. The molecule has 0 saturated carbocycles. The summed E-state index contributed by atoms with van der Waals surface area (Å²) >= 11 is 0. The summed E-state index contributed by atoms with van der Waals surface area (Å²) in [5.41, 5.74) is 0. The number of ether oxygens (including phenoxy) is 1. The van der Waals surface area contributed by atoms with Crippen molar-refractivity contribution in [3.8, 4) is 0 Å². The molecule has 0 aliphatic carbocycles. The quantitative estimate of drug-likeness (QED) is 0.292. The molecule has 0 heterocycles. The maximum atomic E-state index is 11.1. The Bertz CT molecular complexity index is 352. The molecule has 3 N–H and O–H groups in total. The van der Waals surface area contributed by atoms with Gasteiger partial charge in [-0.2, -0.15) is 0 Å². The number of carbonyl (C=O) groups excluding carboxylic acids is 3. The first kappa shape index (κ1) is 22.5. The lowest BCUT2D eigenvalue weighted by Gasteiger charge is -2.14. The first-order valence-corrected chi connectivity index (χ1v) is 6.84. The van der Waals surface area contributed by atoms with Crippen LogP contribution in [-0.4, -0.2) is 58.1 Å². The lowest BCUT2D eigenvalue weighted by molar-refractivity contribution is -0.153. The van der Waals surface area contributed by atoms with E-state index in [9.17, 15) is 19.2 Å². The van der Waals surface area contributed by atoms with Gasteiger partial charge >= 0.3 is 11.9 Å². The Morgan fingerprint density at radius 3 is 1.82 bits per heavy atom. The number of Topliss-reactive ketones (excluding diaryl/α,β-unsaturated/α-hetero) is 2. The number of esters is 1. The SMILES string of the molecule is CC(=O)CC(=O)O.CC(=O)CC(=O)O[C@@H](CO)CCCCO. The van der Waals surface area contributed by atoms with Crippen molar-refractivity contribution in [2.75, 3.05) is 13.2 Å². The van der Waals surface area contributed by atoms with Crippen molar-refractivity contribution in [1.82, 2.24) is 0 Å². The molecule has 22 heavy (non-hydrogen) atoms. The summed E-state index contributed by atoms with van der Waals surface area (Å²) in [7, 11) is 0. The Morgan fingerprint density at radius 2 is 1.50 bits per heavy atom. The second kappa shape index (κ2) is 14.2. The molecule has 0 aromatic carbocycles. The van der Waals surface area contributed by atoms with E-state index in [1.807, 2.05) is 0 Å². The van der Waals surface area contributed by atoms with Crippen molar-refractivity contribution in [3.05, 3.63) is 0 Å². The van der Waals surface area contributed by atoms with Gasteiger partial charge in [-0.15, -0.1) is 0 Å². The number of hydrogen-bond donors (Lipinski definition) is 3. The number of ketones is 2. The molecule has 0 radical (unpaired) electrons. The van der Waals surface area contributed by atoms with Gasteiger partial charge < -0.3 is 20.1 Å². The normalized spacial score (nSPS) is 10.9. The van der Waals surface area contributed by atoms with Gasteiger partial charge in [-0.25, -0.2) is 0 Å². The number of aliphatic hydroxyl groups excluding tert-OH is 2. The zero-order valence-corrected chi connectivity index (χ0v) is 12.9. The highest BCUT2D eigenvalue weighted by atomic mass is 16.6. The molecular weight excluding hydrogens is 296 g/mol. The van der Waals surface area contributed by atoms with Crippen LogP contribution in [0.15, 0.2) is 0 Å². The number of carbonyl (C=O) groups is 4. The molecular formula is C14H24O8. The molecule has 8 heteroatoms. The summed E-state index contributed by atoms with van der Waals surface area (Å²) in [6.07, 6.45) is 0.607. The third-order valence-corrected chi connectivity index (χ3v) is 2.23. The summed E-state index contributed by atoms with van der Waals surface area (Å²) in [5.74, 6) is -2.24. The Hall–Kier alpha value is -1.80. The molecule has 8 nitrogen and oxygen atoms in total. The van der Waals surface area contributed by atoms with Gasteiger partial charge in [-0.3, -0.25) is 19.2 Å². The van der Waals surface area contributed by atoms with Crippen molar-refractivity contribution in [1.29, 1.82) is 0 Å². The number of carboxylic acid groups (broad SMARTS) is 1. The van der Waals surface area contributed by atoms with Crippen LogP contribution in [0.3, 0.4) is 0 Å². The monoisotopic (exact) mass is 320 g/mol. The van der Waals surface area contributed by atoms with Gasteiger partial charge in [0.05, 0.1) is 6.61 Å². The summed E-state index contributed by atoms with van der Waals surface area (Å²) < 4.78 is 4.87. The lowest BCUT2D eigenvalue weighted by atomic mass is 10.1. The zero-order chi connectivity index (χ0) is 17.5. The first-order chi connectivity index (χ1) is 10.2. The molecule has 1 atom stereocenters. The van der Waals surface area contributed by atoms with Crippen LogP contribution in [0.1, 0.15) is 46.0 Å². The zero-order valence-electron chi connectivity index (χ0n) is 12.9. The van der Waals surface area contributed by atoms with Gasteiger partial charge in [-0.05, 0) is 33.1 Å². The van der Waals surface area contributed by atoms with Gasteiger partial charge in [0.1, 0.15) is 30.5 Å². The van der Waals surface area contributed by atoms with Crippen molar-refractivity contribution in [3.63, 3.8) is 0 Å². The Balaban J connectivity index is 0. The van der Waals surface area contributed by atoms with Crippen LogP contribution >= 0.6 is 0 Å². The van der Waals surface area contributed by atoms with E-state index in [4.69, 9.17) is 20.1 Å². The number of unbranched alkanes of at least 4 members (excludes halogenated alkanes) is 1. The van der Waals surface area contributed by atoms with Crippen molar-refractivity contribution in [2.24, 2.45) is 0 Å². The second-order valence-corrected chi connectivity index (χ2v) is 4.67. The summed E-state index contributed by atoms with van der Waals surface area (Å²) in [4.78, 5) is 41.1. The van der Waals surface area contributed by atoms with Gasteiger partial charge in [0.2, 0.25) is 0 Å². The number of aliphatic hydroxyl groups is 2. The highest BCUT2D eigenvalue weighted by molar-refractivity contribution is 5.94. The van der Waals surface area contributed by atoms with Gasteiger partial charge in [-0.1, -0.05) is 0 Å². The average Bonchev–Trinajstić information content (AvgIpc) is 2.35. The predicted molar refractivity (Wildman–Crippen MR) is 76.1 cm³/mol. The Morgan fingerprint density at radius 1 is 0.955 bits per heavy atom. The van der Waals surface area contributed by atoms with E-state index in [1.54, 1.807) is 0 Å². The van der Waals surface area contributed by atoms with E-state index >= 15 is 0 Å². The van der Waals surface area contributed by atoms with Crippen LogP contribution < -0.4 is 0 Å². The molecule has 0 spiro atoms. The molecule has 0 aliphatic rings. The van der Waals surface area contributed by atoms with Crippen LogP contribution in [-0.2, 0) is 23.9 Å². The minimum Gasteiger partial charge on any atom is -0.481 e. The van der Waals surface area contributed by atoms with Crippen molar-refractivity contribution >= 4 is 23.5 Å². The second-order valence-electron chi connectivity index (χ2n) is 4.67. The van der Waals surface area contributed by atoms with E-state index in [0.717, 1.165) is 0 Å². The maximum Gasteiger partial charge on any atom is 0.313 e. The van der Waals surface area contributed by atoms with Gasteiger partial charge in [0.15, 0.2) is 0 Å². The maximum absolute atomic E-state index is 11.1. The number of carboxylic acids is 1. The molecule has 0 unspecified atom stereocenters. The summed E-state index contributed by atoms with van der Waals surface area (Å²) in [5, 5.41) is 25.3. The van der Waals surface area contributed by atoms with Crippen LogP contribution in [0.2, 0.25) is 0 Å². The average molecular weight is 320 g/mol. The molecule has 128 valence electrons. The van der Waals surface area contributed by atoms with E-state index in [0.29, 0.717) is 19.3 Å². The highest BCUT2D eigenvalue weighted by Gasteiger charge is 2.14. The smallest absolute Gasteiger partial charge is 0.313 e. The van der Waals surface area contributed by atoms with Crippen LogP contribution in [0, 0.1) is 0 Å². The van der Waals surface area contributed by atoms with Crippen LogP contribution in [0.25, 0.3) is 0 Å². The van der Waals surface area contributed by atoms with E-state index in [2.05, 4.69) is 0 Å². The topological polar surface area (TPSA) is 138 Å². The van der Waals surface area contributed by atoms with Crippen molar-refractivity contribution in [2.45, 2.75) is 52.1 Å². The largest absolute Gasteiger partial charge is 0.481 e. The molecule has 0 aromatic rings. The van der Waals surface area contributed by atoms with Gasteiger partial charge in [0.25, 0.3) is 0 Å². The van der Waals surface area contributed by atoms with E-state index < -0.39 is 18.0 Å². The van der Waals surface area contributed by atoms with Crippen LogP contribution in [0.5, 0.6) is 0 Å². The molecule has 0 rings (SSSR count). The van der Waals surface area contributed by atoms with Crippen molar-refractivity contribution < 1.29 is 39.2 Å². The third-order valence-electron chi connectivity index (χ3n) is 2.23. The molecule has 0 aromatic heterocycles. The molecule has 0 saturated heterocycles. The minimum atomic E-state index is -1.06. The lowest BCUT2D eigenvalue weighted by Crippen LogP contribution is -2.23. The molecule has 0 aliphatic heterocycles. The fraction of sp³-hybridized carbons (Fsp3) is 0.714. The standard InChI is InChI=1S/C10H18O5.C4H6O3/c1-8(13)6-10(14)15-9(7-12)4-2-3-5-11;1-3(5)2-4(6)7/h9,11-12H,2-7H2,1H3;2H2,1H3,(H,6,7)/t9-;/m1./s1. The molecule has 0 fully saturated rings. The fourth-order valence-corrected chi connectivity index (χ4v) is 1.32. The fourth-order valence-electron chi connectivity index (χ4n) is 1.32. The molecule has 0 amide bonds. The van der Waals surface area contributed by atoms with Gasteiger partial charge in [0, 0.05) is 6.61 Å². The number of hydrogen-bond acceptors (Lipinski definition) is 7. The molecule has 0 bridgehead atoms. The Labute approximate surface area is 129 Å². The third kappa shape index (κ3) is 18.2. The minimum absolute atomic E-state index is 0.0829. The number of aliphatic carboxylic acids is 1. The summed E-state index contributed by atoms with van der Waals surface area (Å²) in [6.45, 7) is 2.38. The van der Waals surface area contributed by atoms with Crippen LogP contribution in [0.4, 0.5) is 0 Å². The highest BCUT2D eigenvalue weighted by Crippen LogP contribution is 2.05. The summed E-state index contributed by atoms with van der Waals surface area (Å²) in [6, 6.07) is 0. The Kier molecular flexibility index (Phi) is 14.5. The van der Waals surface area contributed by atoms with E-state index in [1.165, 1.54) is 13.8 Å². The van der Waals surface area contributed by atoms with E-state index in [-0.39, 0.29) is 37.6 Å². The first-order valence-electron chi connectivity index (χ1n) is 6.84.